The van der Waals surface area contributed by atoms with Gasteiger partial charge < -0.3 is 20.5 Å². The molecule has 5 nitrogen and oxygen atoms in total. The minimum absolute atomic E-state index is 0.0177. The lowest BCUT2D eigenvalue weighted by Crippen LogP contribution is -2.45. The number of aliphatic hydroxyl groups excluding tert-OH is 1. The monoisotopic (exact) mass is 293 g/mol. The number of rotatable bonds is 3. The van der Waals surface area contributed by atoms with Crippen LogP contribution in [0.5, 0.6) is 0 Å². The number of nitrogens with zero attached hydrogens (tertiary/aromatic N) is 2. The molecule has 0 spiro atoms. The largest absolute Gasteiger partial charge is 0.394 e. The van der Waals surface area contributed by atoms with Crippen molar-refractivity contribution in [2.45, 2.75) is 25.4 Å². The van der Waals surface area contributed by atoms with E-state index in [0.29, 0.717) is 18.1 Å². The topological polar surface area (TPSA) is 71.6 Å². The van der Waals surface area contributed by atoms with E-state index in [1.165, 1.54) is 5.56 Å². The van der Waals surface area contributed by atoms with Crippen LogP contribution in [0.25, 0.3) is 0 Å². The van der Waals surface area contributed by atoms with E-state index in [4.69, 9.17) is 27.7 Å². The van der Waals surface area contributed by atoms with Gasteiger partial charge in [0.15, 0.2) is 0 Å². The van der Waals surface area contributed by atoms with Gasteiger partial charge in [-0.2, -0.15) is 0 Å². The third kappa shape index (κ3) is 2.51. The molecule has 20 heavy (non-hydrogen) atoms. The van der Waals surface area contributed by atoms with Gasteiger partial charge in [-0.3, -0.25) is 0 Å². The molecule has 6 heteroatoms. The Bertz CT molecular complexity index is 535. The molecule has 1 aromatic heterocycles. The average molecular weight is 293 g/mol. The van der Waals surface area contributed by atoms with Crippen molar-refractivity contribution in [2.75, 3.05) is 31.2 Å². The van der Waals surface area contributed by atoms with Crippen molar-refractivity contribution in [2.24, 2.45) is 5.73 Å². The van der Waals surface area contributed by atoms with Crippen LogP contribution in [-0.2, 0) is 17.6 Å². The zero-order valence-electron chi connectivity index (χ0n) is 11.3. The second-order valence-electron chi connectivity index (χ2n) is 5.30. The number of aryl methyl sites for hydroxylation is 2. The van der Waals surface area contributed by atoms with Gasteiger partial charge in [-0.25, -0.2) is 4.98 Å². The van der Waals surface area contributed by atoms with Gasteiger partial charge in [0.2, 0.25) is 0 Å². The smallest absolute Gasteiger partial charge is 0.139 e. The number of morpholine rings is 1. The van der Waals surface area contributed by atoms with Crippen LogP contribution in [0.4, 0.5) is 5.82 Å². The quantitative estimate of drug-likeness (QED) is 0.786. The summed E-state index contributed by atoms with van der Waals surface area (Å²) in [5, 5.41) is 9.27. The first-order chi connectivity index (χ1) is 9.69. The van der Waals surface area contributed by atoms with E-state index in [2.05, 4.69) is 11.0 Å². The number of aromatic nitrogens is 1. The third-order valence-electron chi connectivity index (χ3n) is 3.94. The maximum atomic E-state index is 9.27. The number of anilines is 1. The van der Waals surface area contributed by atoms with E-state index in [1.54, 1.807) is 0 Å². The highest BCUT2D eigenvalue weighted by Gasteiger charge is 2.25. The molecule has 3 rings (SSSR count). The number of aliphatic hydroxyl groups is 1. The molecule has 1 aliphatic heterocycles. The molecule has 108 valence electrons. The van der Waals surface area contributed by atoms with Crippen molar-refractivity contribution < 1.29 is 9.84 Å². The van der Waals surface area contributed by atoms with Crippen molar-refractivity contribution >= 4 is 23.0 Å². The highest BCUT2D eigenvalue weighted by molar-refractivity contribution is 7.80. The summed E-state index contributed by atoms with van der Waals surface area (Å²) in [6.45, 7) is 1.97. The van der Waals surface area contributed by atoms with Crippen LogP contribution in [0.15, 0.2) is 6.07 Å². The molecule has 0 amide bonds. The zero-order valence-corrected chi connectivity index (χ0v) is 12.2. The first-order valence-electron chi connectivity index (χ1n) is 6.99. The van der Waals surface area contributed by atoms with Crippen LogP contribution in [0.1, 0.15) is 23.2 Å². The molecular formula is C14H19N3O2S. The summed E-state index contributed by atoms with van der Waals surface area (Å²) in [6, 6.07) is 2.09. The maximum absolute atomic E-state index is 9.27. The molecule has 0 radical (unpaired) electrons. The molecule has 1 aliphatic carbocycles. The van der Waals surface area contributed by atoms with Crippen molar-refractivity contribution in [3.05, 3.63) is 22.9 Å². The summed E-state index contributed by atoms with van der Waals surface area (Å²) in [5.74, 6) is 0.847. The molecule has 1 fully saturated rings. The summed E-state index contributed by atoms with van der Waals surface area (Å²) in [6.07, 6.45) is 3.05. The number of ether oxygens (including phenoxy) is 1. The summed E-state index contributed by atoms with van der Waals surface area (Å²) >= 11 is 5.18. The van der Waals surface area contributed by atoms with Gasteiger partial charge in [0.25, 0.3) is 0 Å². The van der Waals surface area contributed by atoms with Gasteiger partial charge in [-0.05, 0) is 30.9 Å². The van der Waals surface area contributed by atoms with Gasteiger partial charge in [0.1, 0.15) is 10.8 Å². The lowest BCUT2D eigenvalue weighted by Gasteiger charge is -2.34. The maximum Gasteiger partial charge on any atom is 0.139 e. The van der Waals surface area contributed by atoms with E-state index in [-0.39, 0.29) is 12.7 Å². The average Bonchev–Trinajstić information content (AvgIpc) is 2.93. The fourth-order valence-electron chi connectivity index (χ4n) is 2.91. The van der Waals surface area contributed by atoms with Crippen molar-refractivity contribution in [3.8, 4) is 0 Å². The molecule has 2 heterocycles. The predicted octanol–water partition coefficient (Wildman–Crippen LogP) is 0.402. The van der Waals surface area contributed by atoms with Crippen LogP contribution in [0, 0.1) is 0 Å². The molecule has 0 aromatic carbocycles. The first-order valence-corrected chi connectivity index (χ1v) is 7.40. The van der Waals surface area contributed by atoms with E-state index in [9.17, 15) is 5.11 Å². The minimum Gasteiger partial charge on any atom is -0.394 e. The van der Waals surface area contributed by atoms with Crippen LogP contribution in [-0.4, -0.2) is 47.5 Å². The van der Waals surface area contributed by atoms with Gasteiger partial charge in [-0.1, -0.05) is 12.2 Å². The Morgan fingerprint density at radius 1 is 1.55 bits per heavy atom. The molecular weight excluding hydrogens is 274 g/mol. The Balaban J connectivity index is 1.97. The Morgan fingerprint density at radius 3 is 3.15 bits per heavy atom. The zero-order chi connectivity index (χ0) is 14.1. The van der Waals surface area contributed by atoms with Crippen molar-refractivity contribution in [1.29, 1.82) is 0 Å². The molecule has 1 aromatic rings. The van der Waals surface area contributed by atoms with Gasteiger partial charge in [-0.15, -0.1) is 0 Å². The molecule has 1 atom stereocenters. The number of hydrogen-bond donors (Lipinski definition) is 2. The molecule has 2 aliphatic rings. The molecule has 1 unspecified atom stereocenters. The predicted molar refractivity (Wildman–Crippen MR) is 81.2 cm³/mol. The number of hydrogen-bond acceptors (Lipinski definition) is 5. The van der Waals surface area contributed by atoms with Crippen molar-refractivity contribution in [1.82, 2.24) is 4.98 Å². The van der Waals surface area contributed by atoms with E-state index < -0.39 is 0 Å². The number of nitrogens with two attached hydrogens (primary N) is 1. The van der Waals surface area contributed by atoms with Crippen LogP contribution >= 0.6 is 12.2 Å². The number of fused-ring (bicyclic) bond motifs is 1. The third-order valence-corrected chi connectivity index (χ3v) is 4.16. The number of pyridine rings is 1. The number of thiocarbonyl (C=S) groups is 1. The SMILES string of the molecule is NC(=S)c1cc2c(nc1N1CCOC(CO)C1)CCC2. The Kier molecular flexibility index (Phi) is 3.87. The molecule has 3 N–H and O–H groups in total. The highest BCUT2D eigenvalue weighted by atomic mass is 32.1. The molecule has 0 saturated carbocycles. The summed E-state index contributed by atoms with van der Waals surface area (Å²) in [4.78, 5) is 7.29. The van der Waals surface area contributed by atoms with E-state index in [0.717, 1.165) is 42.9 Å². The Labute approximate surface area is 123 Å². The van der Waals surface area contributed by atoms with E-state index >= 15 is 0 Å². The Morgan fingerprint density at radius 2 is 2.40 bits per heavy atom. The van der Waals surface area contributed by atoms with Crippen LogP contribution < -0.4 is 10.6 Å². The van der Waals surface area contributed by atoms with Crippen molar-refractivity contribution in [3.63, 3.8) is 0 Å². The molecule has 1 saturated heterocycles. The minimum atomic E-state index is -0.169. The second kappa shape index (κ2) is 5.63. The van der Waals surface area contributed by atoms with Gasteiger partial charge in [0.05, 0.1) is 24.9 Å². The summed E-state index contributed by atoms with van der Waals surface area (Å²) < 4.78 is 5.49. The highest BCUT2D eigenvalue weighted by Crippen LogP contribution is 2.28. The lowest BCUT2D eigenvalue weighted by molar-refractivity contribution is 0.00335. The summed E-state index contributed by atoms with van der Waals surface area (Å²) in [7, 11) is 0. The fourth-order valence-corrected chi connectivity index (χ4v) is 3.06. The Hall–Kier alpha value is -1.24. The van der Waals surface area contributed by atoms with Gasteiger partial charge in [0, 0.05) is 18.8 Å². The van der Waals surface area contributed by atoms with Crippen LogP contribution in [0.2, 0.25) is 0 Å². The second-order valence-corrected chi connectivity index (χ2v) is 5.74. The normalized spacial score (nSPS) is 21.9. The molecule has 0 bridgehead atoms. The van der Waals surface area contributed by atoms with E-state index in [1.807, 2.05) is 0 Å². The summed E-state index contributed by atoms with van der Waals surface area (Å²) in [5.41, 5.74) is 9.14. The first kappa shape index (κ1) is 13.7. The van der Waals surface area contributed by atoms with Gasteiger partial charge >= 0.3 is 0 Å². The van der Waals surface area contributed by atoms with Crippen LogP contribution in [0.3, 0.4) is 0 Å². The standard InChI is InChI=1S/C14H19N3O2S/c15-13(20)11-6-9-2-1-3-12(9)16-14(11)17-4-5-19-10(7-17)8-18/h6,10,18H,1-5,7-8H2,(H2,15,20). The lowest BCUT2D eigenvalue weighted by atomic mass is 10.1. The fraction of sp³-hybridized carbons (Fsp3) is 0.571.